The number of aliphatic carboxylic acids is 1. The Labute approximate surface area is 229 Å². The molecule has 0 unspecified atom stereocenters. The number of aromatic nitrogens is 2. The Hall–Kier alpha value is -5.18. The van der Waals surface area contributed by atoms with E-state index in [1.807, 2.05) is 43.3 Å². The number of carboxylic acid groups (broad SMARTS) is 1. The van der Waals surface area contributed by atoms with E-state index in [4.69, 9.17) is 18.9 Å². The highest BCUT2D eigenvalue weighted by Crippen LogP contribution is 2.35. The van der Waals surface area contributed by atoms with Gasteiger partial charge in [0.25, 0.3) is 5.56 Å². The number of hydrogen-bond donors (Lipinski definition) is 1. The van der Waals surface area contributed by atoms with Crippen LogP contribution in [0.15, 0.2) is 93.7 Å². The van der Waals surface area contributed by atoms with Crippen LogP contribution in [0.3, 0.4) is 0 Å². The quantitative estimate of drug-likeness (QED) is 0.180. The summed E-state index contributed by atoms with van der Waals surface area (Å²) in [7, 11) is 0. The minimum atomic E-state index is -1.10. The fraction of sp³-hybridized carbons (Fsp3) is 0.161. The molecule has 0 saturated heterocycles. The van der Waals surface area contributed by atoms with E-state index in [-0.39, 0.29) is 11.4 Å². The molecule has 202 valence electrons. The number of nitrogens with zero attached hydrogens (tertiary/aromatic N) is 3. The molecule has 0 spiro atoms. The van der Waals surface area contributed by atoms with Crippen LogP contribution in [0.25, 0.3) is 33.5 Å². The first-order valence-corrected chi connectivity index (χ1v) is 12.7. The molecular weight excluding hydrogens is 510 g/mol. The number of ether oxygens (including phenoxy) is 2. The smallest absolute Gasteiger partial charge is 0.344 e. The lowest BCUT2D eigenvalue weighted by Gasteiger charge is -2.18. The van der Waals surface area contributed by atoms with Gasteiger partial charge in [-0.2, -0.15) is 9.78 Å². The van der Waals surface area contributed by atoms with E-state index in [1.54, 1.807) is 36.4 Å². The Kier molecular flexibility index (Phi) is 7.46. The highest BCUT2D eigenvalue weighted by molar-refractivity contribution is 5.85. The zero-order valence-electron chi connectivity index (χ0n) is 22.0. The lowest BCUT2D eigenvalue weighted by molar-refractivity contribution is -0.144. The van der Waals surface area contributed by atoms with Gasteiger partial charge in [-0.05, 0) is 62.2 Å². The van der Waals surface area contributed by atoms with Crippen LogP contribution < -0.4 is 15.0 Å². The van der Waals surface area contributed by atoms with Gasteiger partial charge in [0.15, 0.2) is 23.4 Å². The molecule has 9 heteroatoms. The van der Waals surface area contributed by atoms with Gasteiger partial charge >= 0.3 is 5.97 Å². The molecule has 5 aromatic rings. The number of allylic oxidation sites excluding steroid dienone is 1. The molecule has 5 rings (SSSR count). The minimum absolute atomic E-state index is 0.253. The molecule has 0 aliphatic rings. The fourth-order valence-electron chi connectivity index (χ4n) is 4.30. The summed E-state index contributed by atoms with van der Waals surface area (Å²) in [6.07, 6.45) is 2.51. The second-order valence-corrected chi connectivity index (χ2v) is 8.99. The zero-order chi connectivity index (χ0) is 28.2. The first-order chi connectivity index (χ1) is 19.4. The normalized spacial score (nSPS) is 12.2. The molecule has 0 bridgehead atoms. The number of fused-ring (bicyclic) bond motifs is 2. The number of furan rings is 1. The highest BCUT2D eigenvalue weighted by atomic mass is 16.5. The van der Waals surface area contributed by atoms with Crippen LogP contribution in [-0.4, -0.2) is 39.7 Å². The van der Waals surface area contributed by atoms with Crippen molar-refractivity contribution in [1.29, 1.82) is 0 Å². The van der Waals surface area contributed by atoms with Crippen LogP contribution in [0, 0.1) is 0 Å². The van der Waals surface area contributed by atoms with Crippen molar-refractivity contribution >= 4 is 34.1 Å². The van der Waals surface area contributed by atoms with Crippen LogP contribution in [-0.2, 0) is 11.2 Å². The Morgan fingerprint density at radius 1 is 1.18 bits per heavy atom. The molecule has 0 saturated carbocycles. The van der Waals surface area contributed by atoms with Crippen molar-refractivity contribution in [1.82, 2.24) is 9.66 Å². The standard InChI is InChI=1S/C31H27N3O6/c1-4-10-22-15-20(16-26(38-5-2)28(22)39-19(3)31(36)37)18-32-34-29(27-17-21-11-6-9-14-25(21)40-27)33-24-13-8-7-12-23(24)30(34)35/h4,6-9,11-19H,1,5,10H2,2-3H3,(H,36,37)/t19-/m0/s1. The van der Waals surface area contributed by atoms with Crippen molar-refractivity contribution in [2.75, 3.05) is 6.61 Å². The third-order valence-corrected chi connectivity index (χ3v) is 6.18. The van der Waals surface area contributed by atoms with Crippen LogP contribution in [0.1, 0.15) is 25.0 Å². The van der Waals surface area contributed by atoms with Crippen molar-refractivity contribution < 1.29 is 23.8 Å². The van der Waals surface area contributed by atoms with E-state index < -0.39 is 12.1 Å². The summed E-state index contributed by atoms with van der Waals surface area (Å²) in [5.74, 6) is 0.232. The number of carbonyl (C=O) groups is 1. The number of hydrogen-bond acceptors (Lipinski definition) is 7. The second kappa shape index (κ2) is 11.3. The third-order valence-electron chi connectivity index (χ3n) is 6.18. The molecule has 1 atom stereocenters. The lowest BCUT2D eigenvalue weighted by Crippen LogP contribution is -2.24. The van der Waals surface area contributed by atoms with E-state index in [0.29, 0.717) is 57.9 Å². The van der Waals surface area contributed by atoms with Gasteiger partial charge in [0.2, 0.25) is 5.82 Å². The molecule has 0 amide bonds. The molecule has 0 fully saturated rings. The molecule has 1 N–H and O–H groups in total. The molecule has 2 aromatic heterocycles. The van der Waals surface area contributed by atoms with Crippen LogP contribution in [0.4, 0.5) is 0 Å². The van der Waals surface area contributed by atoms with Gasteiger partial charge in [-0.25, -0.2) is 9.78 Å². The van der Waals surface area contributed by atoms with E-state index in [9.17, 15) is 14.7 Å². The SMILES string of the molecule is C=CCc1cc(C=Nn2c(-c3cc4ccccc4o3)nc3ccccc3c2=O)cc(OCC)c1O[C@@H](C)C(=O)O. The molecule has 3 aromatic carbocycles. The summed E-state index contributed by atoms with van der Waals surface area (Å²) in [4.78, 5) is 29.8. The predicted molar refractivity (Wildman–Crippen MR) is 153 cm³/mol. The fourth-order valence-corrected chi connectivity index (χ4v) is 4.30. The van der Waals surface area contributed by atoms with E-state index in [0.717, 1.165) is 5.39 Å². The first-order valence-electron chi connectivity index (χ1n) is 12.7. The summed E-state index contributed by atoms with van der Waals surface area (Å²) in [6, 6.07) is 19.9. The van der Waals surface area contributed by atoms with E-state index in [2.05, 4.69) is 11.7 Å². The largest absolute Gasteiger partial charge is 0.490 e. The lowest BCUT2D eigenvalue weighted by atomic mass is 10.1. The van der Waals surface area contributed by atoms with Crippen LogP contribution in [0.5, 0.6) is 11.5 Å². The highest BCUT2D eigenvalue weighted by Gasteiger charge is 2.20. The first kappa shape index (κ1) is 26.4. The van der Waals surface area contributed by atoms with Crippen LogP contribution in [0.2, 0.25) is 0 Å². The zero-order valence-corrected chi connectivity index (χ0v) is 22.0. The van der Waals surface area contributed by atoms with Crippen molar-refractivity contribution in [3.05, 3.63) is 101 Å². The summed E-state index contributed by atoms with van der Waals surface area (Å²) in [5, 5.41) is 15.2. The maximum absolute atomic E-state index is 13.6. The van der Waals surface area contributed by atoms with Crippen molar-refractivity contribution in [2.24, 2.45) is 5.10 Å². The van der Waals surface area contributed by atoms with Gasteiger partial charge in [-0.15, -0.1) is 6.58 Å². The van der Waals surface area contributed by atoms with Gasteiger partial charge in [0.1, 0.15) is 5.58 Å². The van der Waals surface area contributed by atoms with E-state index in [1.165, 1.54) is 17.8 Å². The topological polar surface area (TPSA) is 116 Å². The maximum atomic E-state index is 13.6. The molecule has 40 heavy (non-hydrogen) atoms. The summed E-state index contributed by atoms with van der Waals surface area (Å²) in [5.41, 5.74) is 2.10. The summed E-state index contributed by atoms with van der Waals surface area (Å²) < 4.78 is 18.8. The van der Waals surface area contributed by atoms with Crippen molar-refractivity contribution in [3.63, 3.8) is 0 Å². The Morgan fingerprint density at radius 3 is 2.70 bits per heavy atom. The number of carboxylic acids is 1. The molecule has 9 nitrogen and oxygen atoms in total. The maximum Gasteiger partial charge on any atom is 0.344 e. The summed E-state index contributed by atoms with van der Waals surface area (Å²) in [6.45, 7) is 7.40. The Bertz CT molecular complexity index is 1780. The van der Waals surface area contributed by atoms with Gasteiger partial charge in [0, 0.05) is 10.9 Å². The number of rotatable bonds is 10. The molecule has 0 aliphatic heterocycles. The molecule has 0 aliphatic carbocycles. The molecular formula is C31H27N3O6. The van der Waals surface area contributed by atoms with E-state index >= 15 is 0 Å². The van der Waals surface area contributed by atoms with Gasteiger partial charge in [-0.3, -0.25) is 4.79 Å². The predicted octanol–water partition coefficient (Wildman–Crippen LogP) is 5.67. The second-order valence-electron chi connectivity index (χ2n) is 8.99. The molecule has 2 heterocycles. The van der Waals surface area contributed by atoms with Crippen LogP contribution >= 0.6 is 0 Å². The van der Waals surface area contributed by atoms with Crippen molar-refractivity contribution in [3.8, 4) is 23.1 Å². The van der Waals surface area contributed by atoms with Gasteiger partial charge < -0.3 is 19.0 Å². The average molecular weight is 538 g/mol. The van der Waals surface area contributed by atoms with Gasteiger partial charge in [-0.1, -0.05) is 36.4 Å². The average Bonchev–Trinajstić information content (AvgIpc) is 3.38. The molecule has 0 radical (unpaired) electrons. The van der Waals surface area contributed by atoms with Crippen molar-refractivity contribution in [2.45, 2.75) is 26.4 Å². The minimum Gasteiger partial charge on any atom is -0.490 e. The number of benzene rings is 3. The monoisotopic (exact) mass is 537 g/mol. The third kappa shape index (κ3) is 5.22. The Morgan fingerprint density at radius 2 is 1.95 bits per heavy atom. The summed E-state index contributed by atoms with van der Waals surface area (Å²) >= 11 is 0. The Balaban J connectivity index is 1.65. The number of para-hydroxylation sites is 2. The van der Waals surface area contributed by atoms with Gasteiger partial charge in [0.05, 0.1) is 23.7 Å².